The number of hydrogen-bond donors (Lipinski definition) is 0. The highest BCUT2D eigenvalue weighted by Gasteiger charge is 2.26. The van der Waals surface area contributed by atoms with Gasteiger partial charge in [-0.3, -0.25) is 4.79 Å². The Kier molecular flexibility index (Phi) is 7.07. The van der Waals surface area contributed by atoms with E-state index in [0.717, 1.165) is 12.0 Å². The Morgan fingerprint density at radius 2 is 1.65 bits per heavy atom. The van der Waals surface area contributed by atoms with E-state index in [1.54, 1.807) is 4.90 Å². The second-order valence-corrected chi connectivity index (χ2v) is 6.13. The van der Waals surface area contributed by atoms with E-state index in [9.17, 15) is 9.59 Å². The number of benzene rings is 1. The van der Waals surface area contributed by atoms with Gasteiger partial charge >= 0.3 is 6.09 Å². The van der Waals surface area contributed by atoms with Gasteiger partial charge in [-0.1, -0.05) is 26.0 Å². The van der Waals surface area contributed by atoms with Crippen LogP contribution in [0.4, 0.5) is 10.5 Å². The minimum absolute atomic E-state index is 0.272. The highest BCUT2D eigenvalue weighted by molar-refractivity contribution is 5.84. The van der Waals surface area contributed by atoms with Crippen molar-refractivity contribution >= 4 is 18.1 Å². The lowest BCUT2D eigenvalue weighted by molar-refractivity contribution is 0.0240. The Balaban J connectivity index is 0.00000127. The summed E-state index contributed by atoms with van der Waals surface area (Å²) in [7, 11) is 0. The van der Waals surface area contributed by atoms with Gasteiger partial charge in [0.2, 0.25) is 0 Å². The monoisotopic (exact) mass is 320 g/mol. The first-order valence-electron chi connectivity index (χ1n) is 8.18. The fourth-order valence-electron chi connectivity index (χ4n) is 2.33. The van der Waals surface area contributed by atoms with Crippen molar-refractivity contribution in [3.8, 4) is 0 Å². The number of ether oxygens (including phenoxy) is 1. The summed E-state index contributed by atoms with van der Waals surface area (Å²) in [5.41, 5.74) is 1.14. The number of aldehydes is 1. The summed E-state index contributed by atoms with van der Waals surface area (Å²) in [5, 5.41) is 0. The largest absolute Gasteiger partial charge is 0.444 e. The predicted molar refractivity (Wildman–Crippen MR) is 93.2 cm³/mol. The van der Waals surface area contributed by atoms with Crippen LogP contribution in [0, 0.1) is 0 Å². The predicted octanol–water partition coefficient (Wildman–Crippen LogP) is 3.58. The van der Waals surface area contributed by atoms with Gasteiger partial charge in [0.15, 0.2) is 6.29 Å². The van der Waals surface area contributed by atoms with Crippen LogP contribution in [-0.2, 0) is 4.74 Å². The van der Waals surface area contributed by atoms with Crippen molar-refractivity contribution < 1.29 is 14.3 Å². The van der Waals surface area contributed by atoms with Gasteiger partial charge in [-0.2, -0.15) is 0 Å². The zero-order valence-electron chi connectivity index (χ0n) is 14.8. The zero-order chi connectivity index (χ0) is 17.5. The Bertz CT molecular complexity index is 515. The third-order valence-corrected chi connectivity index (χ3v) is 3.34. The van der Waals surface area contributed by atoms with E-state index in [1.807, 2.05) is 58.9 Å². The Morgan fingerprint density at radius 1 is 1.09 bits per heavy atom. The van der Waals surface area contributed by atoms with Gasteiger partial charge in [0.1, 0.15) is 5.60 Å². The summed E-state index contributed by atoms with van der Waals surface area (Å²) >= 11 is 0. The molecule has 1 aromatic carbocycles. The van der Waals surface area contributed by atoms with Crippen molar-refractivity contribution in [2.75, 3.05) is 31.1 Å². The van der Waals surface area contributed by atoms with Crippen molar-refractivity contribution in [3.63, 3.8) is 0 Å². The molecule has 0 aliphatic carbocycles. The molecule has 0 spiro atoms. The minimum Gasteiger partial charge on any atom is -0.444 e. The molecule has 23 heavy (non-hydrogen) atoms. The molecule has 1 fully saturated rings. The van der Waals surface area contributed by atoms with Crippen LogP contribution in [-0.4, -0.2) is 49.1 Å². The molecule has 0 atom stereocenters. The normalized spacial score (nSPS) is 14.7. The van der Waals surface area contributed by atoms with Crippen molar-refractivity contribution in [2.24, 2.45) is 0 Å². The van der Waals surface area contributed by atoms with Gasteiger partial charge in [0.05, 0.1) is 0 Å². The molecule has 0 radical (unpaired) electrons. The van der Waals surface area contributed by atoms with Gasteiger partial charge in [0, 0.05) is 37.4 Å². The van der Waals surface area contributed by atoms with E-state index in [-0.39, 0.29) is 6.09 Å². The Hall–Kier alpha value is -2.04. The van der Waals surface area contributed by atoms with Gasteiger partial charge in [0.25, 0.3) is 0 Å². The zero-order valence-corrected chi connectivity index (χ0v) is 14.8. The average Bonchev–Trinajstić information content (AvgIpc) is 2.55. The molecule has 1 saturated heterocycles. The van der Waals surface area contributed by atoms with E-state index in [1.165, 1.54) is 0 Å². The first-order chi connectivity index (χ1) is 10.9. The van der Waals surface area contributed by atoms with Gasteiger partial charge < -0.3 is 14.5 Å². The number of hydrogen-bond acceptors (Lipinski definition) is 4. The quantitative estimate of drug-likeness (QED) is 0.782. The number of carbonyl (C=O) groups is 2. The lowest BCUT2D eigenvalue weighted by atomic mass is 10.1. The van der Waals surface area contributed by atoms with Crippen LogP contribution in [0.15, 0.2) is 24.3 Å². The Morgan fingerprint density at radius 3 is 2.17 bits per heavy atom. The summed E-state index contributed by atoms with van der Waals surface area (Å²) in [4.78, 5) is 26.9. The summed E-state index contributed by atoms with van der Waals surface area (Å²) in [6.45, 7) is 12.2. The lowest BCUT2D eigenvalue weighted by Crippen LogP contribution is -2.50. The maximum absolute atomic E-state index is 12.0. The molecule has 1 aliphatic heterocycles. The number of nitrogens with zero attached hydrogens (tertiary/aromatic N) is 2. The van der Waals surface area contributed by atoms with E-state index in [2.05, 4.69) is 4.90 Å². The number of para-hydroxylation sites is 1. The third-order valence-electron chi connectivity index (χ3n) is 3.34. The Labute approximate surface area is 139 Å². The highest BCUT2D eigenvalue weighted by atomic mass is 16.6. The van der Waals surface area contributed by atoms with Crippen LogP contribution in [0.25, 0.3) is 0 Å². The number of rotatable bonds is 2. The number of piperazine rings is 1. The molecule has 0 N–H and O–H groups in total. The SMILES string of the molecule is CC.CC(C)(C)OC(=O)N1CCN(c2ccccc2C=O)CC1. The number of anilines is 1. The molecule has 1 amide bonds. The summed E-state index contributed by atoms with van der Waals surface area (Å²) in [6, 6.07) is 7.52. The van der Waals surface area contributed by atoms with Crippen molar-refractivity contribution in [1.29, 1.82) is 0 Å². The molecular weight excluding hydrogens is 292 g/mol. The molecule has 1 heterocycles. The molecule has 1 aliphatic rings. The van der Waals surface area contributed by atoms with Crippen LogP contribution in [0.3, 0.4) is 0 Å². The van der Waals surface area contributed by atoms with Crippen LogP contribution in [0.2, 0.25) is 0 Å². The fraction of sp³-hybridized carbons (Fsp3) is 0.556. The van der Waals surface area contributed by atoms with Crippen LogP contribution in [0.5, 0.6) is 0 Å². The molecule has 1 aromatic rings. The maximum Gasteiger partial charge on any atom is 0.410 e. The second-order valence-electron chi connectivity index (χ2n) is 6.13. The minimum atomic E-state index is -0.474. The molecule has 0 aromatic heterocycles. The number of amides is 1. The standard InChI is InChI=1S/C16H22N2O3.C2H6/c1-16(2,3)21-15(20)18-10-8-17(9-11-18)14-7-5-4-6-13(14)12-19;1-2/h4-7,12H,8-11H2,1-3H3;1-2H3. The highest BCUT2D eigenvalue weighted by Crippen LogP contribution is 2.21. The molecule has 0 saturated carbocycles. The van der Waals surface area contributed by atoms with Crippen molar-refractivity contribution in [2.45, 2.75) is 40.2 Å². The van der Waals surface area contributed by atoms with E-state index >= 15 is 0 Å². The fourth-order valence-corrected chi connectivity index (χ4v) is 2.33. The van der Waals surface area contributed by atoms with Gasteiger partial charge in [-0.15, -0.1) is 0 Å². The smallest absolute Gasteiger partial charge is 0.410 e. The number of carbonyl (C=O) groups excluding carboxylic acids is 2. The van der Waals surface area contributed by atoms with E-state index < -0.39 is 5.60 Å². The molecule has 0 unspecified atom stereocenters. The maximum atomic E-state index is 12.0. The topological polar surface area (TPSA) is 49.9 Å². The molecular formula is C18H28N2O3. The van der Waals surface area contributed by atoms with Gasteiger partial charge in [-0.05, 0) is 32.9 Å². The molecule has 5 nitrogen and oxygen atoms in total. The first-order valence-corrected chi connectivity index (χ1v) is 8.18. The first kappa shape index (κ1) is 19.0. The summed E-state index contributed by atoms with van der Waals surface area (Å²) in [5.74, 6) is 0. The second kappa shape index (κ2) is 8.56. The van der Waals surface area contributed by atoms with Crippen molar-refractivity contribution in [1.82, 2.24) is 4.90 Å². The molecule has 5 heteroatoms. The summed E-state index contributed by atoms with van der Waals surface area (Å²) in [6.07, 6.45) is 0.598. The summed E-state index contributed by atoms with van der Waals surface area (Å²) < 4.78 is 5.38. The van der Waals surface area contributed by atoms with E-state index in [4.69, 9.17) is 4.74 Å². The molecule has 2 rings (SSSR count). The van der Waals surface area contributed by atoms with Crippen LogP contribution >= 0.6 is 0 Å². The van der Waals surface area contributed by atoms with Gasteiger partial charge in [-0.25, -0.2) is 4.79 Å². The van der Waals surface area contributed by atoms with Crippen LogP contribution < -0.4 is 4.90 Å². The average molecular weight is 320 g/mol. The lowest BCUT2D eigenvalue weighted by Gasteiger charge is -2.37. The van der Waals surface area contributed by atoms with Crippen LogP contribution in [0.1, 0.15) is 45.0 Å². The third kappa shape index (κ3) is 5.58. The molecule has 128 valence electrons. The van der Waals surface area contributed by atoms with E-state index in [0.29, 0.717) is 31.7 Å². The van der Waals surface area contributed by atoms with Crippen molar-refractivity contribution in [3.05, 3.63) is 29.8 Å². The molecule has 0 bridgehead atoms.